The average Bonchev–Trinajstić information content (AvgIpc) is 2.83. The van der Waals surface area contributed by atoms with Crippen LogP contribution in [0, 0.1) is 5.82 Å². The Kier molecular flexibility index (Phi) is 2.33. The van der Waals surface area contributed by atoms with Crippen LogP contribution in [-0.4, -0.2) is 11.5 Å². The van der Waals surface area contributed by atoms with Crippen molar-refractivity contribution < 1.29 is 4.39 Å². The number of aromatic nitrogens is 1. The van der Waals surface area contributed by atoms with Crippen molar-refractivity contribution >= 4 is 33.8 Å². The number of nitrogens with zero attached hydrogens (tertiary/aromatic N) is 2. The number of rotatable bonds is 1. The molecule has 0 saturated heterocycles. The van der Waals surface area contributed by atoms with E-state index in [1.807, 2.05) is 11.0 Å². The highest BCUT2D eigenvalue weighted by Crippen LogP contribution is 2.37. The van der Waals surface area contributed by atoms with Gasteiger partial charge in [0.1, 0.15) is 11.0 Å². The molecule has 0 radical (unpaired) electrons. The highest BCUT2D eigenvalue weighted by atomic mass is 35.5. The summed E-state index contributed by atoms with van der Waals surface area (Å²) in [6, 6.07) is 4.88. The number of thiazole rings is 1. The summed E-state index contributed by atoms with van der Waals surface area (Å²) in [6.07, 6.45) is 0.923. The quantitative estimate of drug-likeness (QED) is 0.773. The fraction of sp³-hybridized carbons (Fsp3) is 0.182. The van der Waals surface area contributed by atoms with Crippen molar-refractivity contribution in [2.75, 3.05) is 11.4 Å². The first-order valence-corrected chi connectivity index (χ1v) is 6.17. The maximum Gasteiger partial charge on any atom is 0.191 e. The first-order chi connectivity index (χ1) is 7.74. The van der Waals surface area contributed by atoms with Crippen molar-refractivity contribution in [1.29, 1.82) is 0 Å². The van der Waals surface area contributed by atoms with Gasteiger partial charge in [-0.2, -0.15) is 0 Å². The Morgan fingerprint density at radius 1 is 1.44 bits per heavy atom. The fourth-order valence-electron chi connectivity index (χ4n) is 1.92. The molecule has 2 heterocycles. The predicted octanol–water partition coefficient (Wildman–Crippen LogP) is 3.63. The minimum absolute atomic E-state index is 0.215. The van der Waals surface area contributed by atoms with Gasteiger partial charge in [0.15, 0.2) is 5.13 Å². The van der Waals surface area contributed by atoms with Gasteiger partial charge in [-0.15, -0.1) is 11.3 Å². The first-order valence-electron chi connectivity index (χ1n) is 4.91. The van der Waals surface area contributed by atoms with Crippen molar-refractivity contribution in [3.63, 3.8) is 0 Å². The maximum absolute atomic E-state index is 13.2. The van der Waals surface area contributed by atoms with Crippen LogP contribution in [0.1, 0.15) is 5.56 Å². The number of hydrogen-bond acceptors (Lipinski definition) is 3. The summed E-state index contributed by atoms with van der Waals surface area (Å²) in [5.41, 5.74) is 2.07. The van der Waals surface area contributed by atoms with Gasteiger partial charge in [0, 0.05) is 17.6 Å². The lowest BCUT2D eigenvalue weighted by Crippen LogP contribution is -2.12. The third-order valence-electron chi connectivity index (χ3n) is 2.64. The van der Waals surface area contributed by atoms with Crippen LogP contribution in [0.4, 0.5) is 15.2 Å². The summed E-state index contributed by atoms with van der Waals surface area (Å²) < 4.78 is 13.2. The summed E-state index contributed by atoms with van der Waals surface area (Å²) >= 11 is 7.27. The van der Waals surface area contributed by atoms with E-state index in [0.717, 1.165) is 29.3 Å². The molecular formula is C11H8ClFN2S. The second-order valence-corrected chi connectivity index (χ2v) is 4.85. The van der Waals surface area contributed by atoms with Crippen LogP contribution in [0.25, 0.3) is 0 Å². The Labute approximate surface area is 101 Å². The molecule has 0 N–H and O–H groups in total. The summed E-state index contributed by atoms with van der Waals surface area (Å²) in [7, 11) is 0. The molecule has 0 aliphatic carbocycles. The second-order valence-electron chi connectivity index (χ2n) is 3.63. The van der Waals surface area contributed by atoms with E-state index in [1.165, 1.54) is 17.4 Å². The number of hydrogen-bond donors (Lipinski definition) is 0. The molecule has 2 nitrogen and oxygen atoms in total. The molecule has 2 aromatic rings. The highest BCUT2D eigenvalue weighted by molar-refractivity contribution is 7.14. The Morgan fingerprint density at radius 3 is 3.06 bits per heavy atom. The Hall–Kier alpha value is -1.13. The van der Waals surface area contributed by atoms with Gasteiger partial charge in [0.05, 0.1) is 0 Å². The van der Waals surface area contributed by atoms with Gasteiger partial charge in [-0.1, -0.05) is 17.7 Å². The lowest BCUT2D eigenvalue weighted by molar-refractivity contribution is 0.628. The van der Waals surface area contributed by atoms with E-state index < -0.39 is 0 Å². The normalized spacial score (nSPS) is 14.2. The van der Waals surface area contributed by atoms with Crippen molar-refractivity contribution in [3.8, 4) is 0 Å². The van der Waals surface area contributed by atoms with Crippen LogP contribution in [0.3, 0.4) is 0 Å². The highest BCUT2D eigenvalue weighted by Gasteiger charge is 2.22. The summed E-state index contributed by atoms with van der Waals surface area (Å²) in [4.78, 5) is 6.22. The van der Waals surface area contributed by atoms with E-state index in [4.69, 9.17) is 11.6 Å². The third-order valence-corrected chi connectivity index (χ3v) is 3.82. The van der Waals surface area contributed by atoms with Crippen LogP contribution >= 0.6 is 22.9 Å². The van der Waals surface area contributed by atoms with Gasteiger partial charge >= 0.3 is 0 Å². The number of fused-ring (bicyclic) bond motifs is 1. The zero-order valence-corrected chi connectivity index (χ0v) is 9.85. The van der Waals surface area contributed by atoms with E-state index in [1.54, 1.807) is 11.4 Å². The maximum atomic E-state index is 13.2. The zero-order valence-electron chi connectivity index (χ0n) is 8.28. The van der Waals surface area contributed by atoms with Crippen molar-refractivity contribution in [2.45, 2.75) is 6.42 Å². The van der Waals surface area contributed by atoms with Crippen LogP contribution in [-0.2, 0) is 6.42 Å². The first kappa shape index (κ1) is 10.1. The van der Waals surface area contributed by atoms with Crippen LogP contribution in [0.2, 0.25) is 5.15 Å². The van der Waals surface area contributed by atoms with Crippen molar-refractivity contribution in [3.05, 3.63) is 40.1 Å². The van der Waals surface area contributed by atoms with E-state index in [0.29, 0.717) is 5.15 Å². The molecule has 3 rings (SSSR count). The Bertz CT molecular complexity index is 541. The minimum Gasteiger partial charge on any atom is -0.317 e. The molecule has 0 amide bonds. The predicted molar refractivity (Wildman–Crippen MR) is 64.2 cm³/mol. The summed E-state index contributed by atoms with van der Waals surface area (Å²) in [6.45, 7) is 0.836. The molecule has 0 atom stereocenters. The molecule has 5 heteroatoms. The molecule has 82 valence electrons. The van der Waals surface area contributed by atoms with E-state index in [-0.39, 0.29) is 5.82 Å². The molecule has 1 aromatic carbocycles. The minimum atomic E-state index is -0.215. The van der Waals surface area contributed by atoms with Gasteiger partial charge in [-0.3, -0.25) is 0 Å². The number of anilines is 2. The number of halogens is 2. The van der Waals surface area contributed by atoms with E-state index >= 15 is 0 Å². The van der Waals surface area contributed by atoms with Crippen molar-refractivity contribution in [1.82, 2.24) is 4.98 Å². The average molecular weight is 255 g/mol. The molecule has 0 spiro atoms. The second kappa shape index (κ2) is 3.71. The Balaban J connectivity index is 2.05. The lowest BCUT2D eigenvalue weighted by atomic mass is 10.2. The summed E-state index contributed by atoms with van der Waals surface area (Å²) in [5, 5.41) is 3.10. The standard InChI is InChI=1S/C11H8ClFN2S/c12-10-6-16-11(14-10)15-4-3-7-1-2-8(13)5-9(7)15/h1-2,5-6H,3-4H2. The van der Waals surface area contributed by atoms with Crippen LogP contribution in [0.15, 0.2) is 23.6 Å². The molecule has 16 heavy (non-hydrogen) atoms. The van der Waals surface area contributed by atoms with Gasteiger partial charge < -0.3 is 4.90 Å². The molecule has 1 aliphatic heterocycles. The lowest BCUT2D eigenvalue weighted by Gasteiger charge is -2.15. The molecule has 0 fully saturated rings. The monoisotopic (exact) mass is 254 g/mol. The van der Waals surface area contributed by atoms with Crippen LogP contribution < -0.4 is 4.90 Å². The molecule has 1 aliphatic rings. The topological polar surface area (TPSA) is 16.1 Å². The fourth-order valence-corrected chi connectivity index (χ4v) is 2.91. The van der Waals surface area contributed by atoms with Crippen molar-refractivity contribution in [2.24, 2.45) is 0 Å². The van der Waals surface area contributed by atoms with E-state index in [2.05, 4.69) is 4.98 Å². The SMILES string of the molecule is Fc1ccc2c(c1)N(c1nc(Cl)cs1)CC2. The Morgan fingerprint density at radius 2 is 2.31 bits per heavy atom. The molecular weight excluding hydrogens is 247 g/mol. The van der Waals surface area contributed by atoms with Gasteiger partial charge in [-0.25, -0.2) is 9.37 Å². The van der Waals surface area contributed by atoms with Gasteiger partial charge in [-0.05, 0) is 24.1 Å². The van der Waals surface area contributed by atoms with Crippen LogP contribution in [0.5, 0.6) is 0 Å². The largest absolute Gasteiger partial charge is 0.317 e. The summed E-state index contributed by atoms with van der Waals surface area (Å²) in [5.74, 6) is -0.215. The molecule has 0 saturated carbocycles. The molecule has 0 unspecified atom stereocenters. The molecule has 0 bridgehead atoms. The smallest absolute Gasteiger partial charge is 0.191 e. The third kappa shape index (κ3) is 1.58. The number of benzene rings is 1. The molecule has 1 aromatic heterocycles. The van der Waals surface area contributed by atoms with Gasteiger partial charge in [0.25, 0.3) is 0 Å². The van der Waals surface area contributed by atoms with E-state index in [9.17, 15) is 4.39 Å². The zero-order chi connectivity index (χ0) is 11.1. The van der Waals surface area contributed by atoms with Gasteiger partial charge in [0.2, 0.25) is 0 Å².